The molecule has 26 heavy (non-hydrogen) atoms. The summed E-state index contributed by atoms with van der Waals surface area (Å²) in [6.45, 7) is 9.32. The second kappa shape index (κ2) is 9.66. The number of aromatic nitrogens is 1. The first kappa shape index (κ1) is 21.9. The molecule has 5 nitrogen and oxygen atoms in total. The molecule has 7 heteroatoms. The molecule has 0 aromatic carbocycles. The number of rotatable bonds is 3. The minimum Gasteiger partial charge on any atom is -0.361 e. The average molecular weight is 492 g/mol. The van der Waals surface area contributed by atoms with Crippen LogP contribution in [-0.2, 0) is 0 Å². The Hall–Kier alpha value is -0.440. The molecule has 1 saturated heterocycles. The molecule has 2 heterocycles. The van der Waals surface area contributed by atoms with Crippen molar-refractivity contribution >= 4 is 41.7 Å². The van der Waals surface area contributed by atoms with Gasteiger partial charge < -0.3 is 14.7 Å². The molecule has 2 aliphatic rings. The fourth-order valence-corrected chi connectivity index (χ4v) is 5.97. The summed E-state index contributed by atoms with van der Waals surface area (Å²) in [5, 5.41) is 7.69. The number of guanidine groups is 1. The number of nitrogens with zero attached hydrogens (tertiary/aromatic N) is 3. The van der Waals surface area contributed by atoms with Crippen LogP contribution in [0.4, 0.5) is 0 Å². The van der Waals surface area contributed by atoms with Gasteiger partial charge in [0.15, 0.2) is 5.96 Å². The summed E-state index contributed by atoms with van der Waals surface area (Å²) in [6.07, 6.45) is 6.90. The highest BCUT2D eigenvalue weighted by atomic mass is 127. The summed E-state index contributed by atoms with van der Waals surface area (Å²) in [7, 11) is 1.90. The van der Waals surface area contributed by atoms with Crippen LogP contribution in [0.25, 0.3) is 0 Å². The van der Waals surface area contributed by atoms with Gasteiger partial charge >= 0.3 is 0 Å². The Morgan fingerprint density at radius 2 is 2.08 bits per heavy atom. The van der Waals surface area contributed by atoms with Crippen LogP contribution < -0.4 is 5.32 Å². The van der Waals surface area contributed by atoms with E-state index >= 15 is 0 Å². The third kappa shape index (κ3) is 4.88. The van der Waals surface area contributed by atoms with Crippen molar-refractivity contribution in [1.82, 2.24) is 15.4 Å². The highest BCUT2D eigenvalue weighted by Crippen LogP contribution is 2.42. The van der Waals surface area contributed by atoms with Gasteiger partial charge in [-0.1, -0.05) is 31.3 Å². The molecule has 0 amide bonds. The van der Waals surface area contributed by atoms with Crippen LogP contribution in [0, 0.1) is 13.8 Å². The number of hydrogen-bond donors (Lipinski definition) is 1. The van der Waals surface area contributed by atoms with Gasteiger partial charge in [-0.2, -0.15) is 11.8 Å². The van der Waals surface area contributed by atoms with E-state index in [9.17, 15) is 0 Å². The maximum absolute atomic E-state index is 5.32. The predicted molar refractivity (Wildman–Crippen MR) is 121 cm³/mol. The molecule has 0 radical (unpaired) electrons. The minimum absolute atomic E-state index is 0. The molecule has 148 valence electrons. The van der Waals surface area contributed by atoms with Crippen LogP contribution >= 0.6 is 35.7 Å². The molecule has 1 aliphatic heterocycles. The van der Waals surface area contributed by atoms with Crippen molar-refractivity contribution < 1.29 is 4.52 Å². The molecule has 1 atom stereocenters. The van der Waals surface area contributed by atoms with Crippen molar-refractivity contribution in [3.8, 4) is 0 Å². The first-order valence-electron chi connectivity index (χ1n) is 9.57. The minimum atomic E-state index is 0. The molecular formula is C19H33IN4OS. The molecule has 1 aromatic rings. The Morgan fingerprint density at radius 1 is 1.35 bits per heavy atom. The summed E-state index contributed by atoms with van der Waals surface area (Å²) in [5.41, 5.74) is 2.22. The molecular weight excluding hydrogens is 459 g/mol. The number of aryl methyl sites for hydroxylation is 2. The molecule has 1 N–H and O–H groups in total. The Kier molecular flexibility index (Phi) is 8.12. The number of aliphatic imine (C=N–C) groups is 1. The number of hydrogen-bond acceptors (Lipinski definition) is 4. The third-order valence-corrected chi connectivity index (χ3v) is 7.21. The SMILES string of the molecule is CN=C(NCC(C)c1c(C)noc1C)N1CCSC2(CCCCC2)C1.I. The Bertz CT molecular complexity index is 588. The topological polar surface area (TPSA) is 53.7 Å². The molecule has 1 aliphatic carbocycles. The first-order chi connectivity index (χ1) is 12.0. The van der Waals surface area contributed by atoms with Crippen LogP contribution in [0.1, 0.15) is 62.0 Å². The summed E-state index contributed by atoms with van der Waals surface area (Å²) in [6, 6.07) is 0. The van der Waals surface area contributed by atoms with E-state index in [1.54, 1.807) is 0 Å². The van der Waals surface area contributed by atoms with Gasteiger partial charge in [0.1, 0.15) is 5.76 Å². The maximum atomic E-state index is 5.32. The second-order valence-corrected chi connectivity index (χ2v) is 9.14. The van der Waals surface area contributed by atoms with Crippen molar-refractivity contribution in [2.24, 2.45) is 4.99 Å². The smallest absolute Gasteiger partial charge is 0.193 e. The summed E-state index contributed by atoms with van der Waals surface area (Å²) >= 11 is 2.20. The lowest BCUT2D eigenvalue weighted by atomic mass is 9.87. The molecule has 1 spiro atoms. The zero-order valence-corrected chi connectivity index (χ0v) is 19.7. The van der Waals surface area contributed by atoms with Crippen LogP contribution in [0.3, 0.4) is 0 Å². The molecule has 1 saturated carbocycles. The van der Waals surface area contributed by atoms with Crippen LogP contribution in [0.5, 0.6) is 0 Å². The van der Waals surface area contributed by atoms with E-state index < -0.39 is 0 Å². The van der Waals surface area contributed by atoms with Gasteiger partial charge in [-0.3, -0.25) is 4.99 Å². The highest BCUT2D eigenvalue weighted by Gasteiger charge is 2.38. The average Bonchev–Trinajstić information content (AvgIpc) is 2.95. The van der Waals surface area contributed by atoms with Crippen LogP contribution in [0.15, 0.2) is 9.52 Å². The van der Waals surface area contributed by atoms with E-state index in [2.05, 4.69) is 39.1 Å². The molecule has 3 rings (SSSR count). The van der Waals surface area contributed by atoms with Gasteiger partial charge in [0.25, 0.3) is 0 Å². The maximum Gasteiger partial charge on any atom is 0.193 e. The van der Waals surface area contributed by atoms with E-state index in [1.165, 1.54) is 43.4 Å². The van der Waals surface area contributed by atoms with Crippen molar-refractivity contribution in [1.29, 1.82) is 0 Å². The molecule has 0 bridgehead atoms. The monoisotopic (exact) mass is 492 g/mol. The van der Waals surface area contributed by atoms with E-state index in [0.717, 1.165) is 37.0 Å². The second-order valence-electron chi connectivity index (χ2n) is 7.58. The quantitative estimate of drug-likeness (QED) is 0.387. The Labute approximate surface area is 179 Å². The van der Waals surface area contributed by atoms with Gasteiger partial charge in [-0.05, 0) is 26.7 Å². The van der Waals surface area contributed by atoms with E-state index in [1.807, 2.05) is 20.9 Å². The van der Waals surface area contributed by atoms with Crippen molar-refractivity contribution in [3.63, 3.8) is 0 Å². The van der Waals surface area contributed by atoms with E-state index in [4.69, 9.17) is 4.52 Å². The number of halogens is 1. The standard InChI is InChI=1S/C19H32N4OS.HI/c1-14(17-15(2)22-24-16(17)3)12-21-18(20-4)23-10-11-25-19(13-23)8-6-5-7-9-19;/h14H,5-13H2,1-4H3,(H,20,21);1H. The van der Waals surface area contributed by atoms with Crippen molar-refractivity contribution in [2.75, 3.05) is 32.4 Å². The van der Waals surface area contributed by atoms with Gasteiger partial charge in [0.05, 0.1) is 5.69 Å². The van der Waals surface area contributed by atoms with Crippen molar-refractivity contribution in [3.05, 3.63) is 17.0 Å². The normalized spacial score (nSPS) is 21.4. The summed E-state index contributed by atoms with van der Waals surface area (Å²) in [4.78, 5) is 7.05. The Balaban J connectivity index is 0.00000243. The largest absolute Gasteiger partial charge is 0.361 e. The molecule has 2 fully saturated rings. The number of thioether (sulfide) groups is 1. The van der Waals surface area contributed by atoms with E-state index in [-0.39, 0.29) is 24.0 Å². The Morgan fingerprint density at radius 3 is 2.69 bits per heavy atom. The first-order valence-corrected chi connectivity index (χ1v) is 10.6. The lowest BCUT2D eigenvalue weighted by molar-refractivity contribution is 0.293. The molecule has 1 aromatic heterocycles. The summed E-state index contributed by atoms with van der Waals surface area (Å²) < 4.78 is 5.78. The predicted octanol–water partition coefficient (Wildman–Crippen LogP) is 4.34. The lowest BCUT2D eigenvalue weighted by Gasteiger charge is -2.45. The summed E-state index contributed by atoms with van der Waals surface area (Å²) in [5.74, 6) is 3.53. The van der Waals surface area contributed by atoms with Gasteiger partial charge in [0, 0.05) is 48.7 Å². The molecule has 1 unspecified atom stereocenters. The van der Waals surface area contributed by atoms with Gasteiger partial charge in [-0.15, -0.1) is 24.0 Å². The zero-order valence-electron chi connectivity index (χ0n) is 16.5. The van der Waals surface area contributed by atoms with Crippen LogP contribution in [-0.4, -0.2) is 53.2 Å². The fraction of sp³-hybridized carbons (Fsp3) is 0.789. The fourth-order valence-electron chi connectivity index (χ4n) is 4.40. The zero-order chi connectivity index (χ0) is 17.9. The highest BCUT2D eigenvalue weighted by molar-refractivity contribution is 14.0. The van der Waals surface area contributed by atoms with E-state index in [0.29, 0.717) is 10.7 Å². The van der Waals surface area contributed by atoms with Crippen molar-refractivity contribution in [2.45, 2.75) is 63.5 Å². The number of nitrogens with one attached hydrogen (secondary N) is 1. The van der Waals surface area contributed by atoms with Crippen LogP contribution in [0.2, 0.25) is 0 Å². The van der Waals surface area contributed by atoms with Gasteiger partial charge in [0.2, 0.25) is 0 Å². The lowest BCUT2D eigenvalue weighted by Crippen LogP contribution is -2.53. The third-order valence-electron chi connectivity index (χ3n) is 5.67. The van der Waals surface area contributed by atoms with Gasteiger partial charge in [-0.25, -0.2) is 0 Å².